The van der Waals surface area contributed by atoms with E-state index in [0.29, 0.717) is 11.3 Å². The van der Waals surface area contributed by atoms with E-state index in [1.54, 1.807) is 6.92 Å². The molecular formula is C16H15F3N2. The van der Waals surface area contributed by atoms with Gasteiger partial charge in [0.15, 0.2) is 0 Å². The Bertz CT molecular complexity index is 671. The van der Waals surface area contributed by atoms with E-state index < -0.39 is 12.0 Å². The fourth-order valence-corrected chi connectivity index (χ4v) is 2.42. The maximum atomic E-state index is 12.6. The van der Waals surface area contributed by atoms with Gasteiger partial charge in [0.05, 0.1) is 0 Å². The second-order valence-corrected chi connectivity index (χ2v) is 5.83. The van der Waals surface area contributed by atoms with E-state index in [9.17, 15) is 13.2 Å². The van der Waals surface area contributed by atoms with Crippen LogP contribution in [0.25, 0.3) is 11.1 Å². The van der Waals surface area contributed by atoms with Crippen molar-refractivity contribution in [1.29, 1.82) is 0 Å². The van der Waals surface area contributed by atoms with Crippen LogP contribution in [0.1, 0.15) is 36.8 Å². The molecule has 1 heterocycles. The second-order valence-electron chi connectivity index (χ2n) is 5.83. The molecule has 0 atom stereocenters. The first kappa shape index (κ1) is 14.0. The minimum absolute atomic E-state index is 0.282. The summed E-state index contributed by atoms with van der Waals surface area (Å²) < 4.78 is 37.7. The Balaban J connectivity index is 1.93. The summed E-state index contributed by atoms with van der Waals surface area (Å²) in [5.41, 5.74) is 3.37. The minimum Gasteiger partial charge on any atom is -0.232 e. The quantitative estimate of drug-likeness (QED) is 0.813. The molecule has 0 bridgehead atoms. The summed E-state index contributed by atoms with van der Waals surface area (Å²) in [4.78, 5) is 7.00. The smallest absolute Gasteiger partial charge is 0.232 e. The van der Waals surface area contributed by atoms with Gasteiger partial charge in [-0.15, -0.1) is 0 Å². The molecule has 3 rings (SSSR count). The third-order valence-electron chi connectivity index (χ3n) is 4.13. The molecule has 110 valence electrons. The van der Waals surface area contributed by atoms with Crippen LogP contribution < -0.4 is 0 Å². The maximum absolute atomic E-state index is 12.6. The lowest BCUT2D eigenvalue weighted by Crippen LogP contribution is -2.12. The standard InChI is InChI=1S/C16H15F3N2/c1-10-13(9-20-14(21-10)16(17,18)19)11-3-5-12(6-4-11)15(2)7-8-15/h3-6,9H,7-8H2,1-2H3. The number of hydrogen-bond donors (Lipinski definition) is 0. The van der Waals surface area contributed by atoms with E-state index in [-0.39, 0.29) is 5.41 Å². The molecule has 2 nitrogen and oxygen atoms in total. The fraction of sp³-hybridized carbons (Fsp3) is 0.375. The van der Waals surface area contributed by atoms with Crippen LogP contribution in [0.3, 0.4) is 0 Å². The van der Waals surface area contributed by atoms with E-state index in [4.69, 9.17) is 0 Å². The fourth-order valence-electron chi connectivity index (χ4n) is 2.42. The first-order valence-electron chi connectivity index (χ1n) is 6.81. The number of rotatable bonds is 2. The van der Waals surface area contributed by atoms with Gasteiger partial charge in [-0.3, -0.25) is 0 Å². The first-order valence-corrected chi connectivity index (χ1v) is 6.81. The highest BCUT2D eigenvalue weighted by atomic mass is 19.4. The van der Waals surface area contributed by atoms with Crippen molar-refractivity contribution in [2.75, 3.05) is 0 Å². The summed E-state index contributed by atoms with van der Waals surface area (Å²) in [5.74, 6) is -1.09. The Hall–Kier alpha value is -1.91. The molecule has 1 aliphatic carbocycles. The molecule has 0 spiro atoms. The van der Waals surface area contributed by atoms with Gasteiger partial charge in [-0.2, -0.15) is 13.2 Å². The maximum Gasteiger partial charge on any atom is 0.451 e. The van der Waals surface area contributed by atoms with Crippen molar-refractivity contribution in [3.05, 3.63) is 47.5 Å². The normalized spacial score (nSPS) is 16.8. The van der Waals surface area contributed by atoms with Crippen molar-refractivity contribution in [2.45, 2.75) is 38.3 Å². The predicted octanol–water partition coefficient (Wildman–Crippen LogP) is 4.52. The number of aromatic nitrogens is 2. The van der Waals surface area contributed by atoms with Crippen molar-refractivity contribution in [3.8, 4) is 11.1 Å². The van der Waals surface area contributed by atoms with Gasteiger partial charge in [-0.25, -0.2) is 9.97 Å². The predicted molar refractivity (Wildman–Crippen MR) is 73.8 cm³/mol. The zero-order valence-corrected chi connectivity index (χ0v) is 11.8. The van der Waals surface area contributed by atoms with E-state index in [0.717, 1.165) is 5.56 Å². The summed E-state index contributed by atoms with van der Waals surface area (Å²) >= 11 is 0. The SMILES string of the molecule is Cc1nc(C(F)(F)F)ncc1-c1ccc(C2(C)CC2)cc1. The molecule has 1 aromatic carbocycles. The van der Waals surface area contributed by atoms with Crippen LogP contribution in [0.5, 0.6) is 0 Å². The molecule has 0 amide bonds. The lowest BCUT2D eigenvalue weighted by molar-refractivity contribution is -0.145. The van der Waals surface area contributed by atoms with E-state index in [1.807, 2.05) is 24.3 Å². The Labute approximate surface area is 121 Å². The summed E-state index contributed by atoms with van der Waals surface area (Å²) in [5, 5.41) is 0. The lowest BCUT2D eigenvalue weighted by atomic mass is 9.95. The van der Waals surface area contributed by atoms with Crippen molar-refractivity contribution >= 4 is 0 Å². The van der Waals surface area contributed by atoms with Gasteiger partial charge >= 0.3 is 6.18 Å². The summed E-state index contributed by atoms with van der Waals surface area (Å²) in [6, 6.07) is 7.94. The average molecular weight is 292 g/mol. The molecule has 1 fully saturated rings. The van der Waals surface area contributed by atoms with Crippen LogP contribution in [0.4, 0.5) is 13.2 Å². The Kier molecular flexibility index (Phi) is 3.04. The number of halogens is 3. The van der Waals surface area contributed by atoms with Crippen LogP contribution in [0.2, 0.25) is 0 Å². The highest BCUT2D eigenvalue weighted by molar-refractivity contribution is 5.65. The van der Waals surface area contributed by atoms with Gasteiger partial charge in [0.2, 0.25) is 5.82 Å². The summed E-state index contributed by atoms with van der Waals surface area (Å²) in [6.45, 7) is 3.79. The molecule has 5 heteroatoms. The van der Waals surface area contributed by atoms with Gasteiger partial charge in [0.1, 0.15) is 0 Å². The molecule has 2 aromatic rings. The molecular weight excluding hydrogens is 277 g/mol. The molecule has 0 N–H and O–H groups in total. The molecule has 1 saturated carbocycles. The van der Waals surface area contributed by atoms with Crippen molar-refractivity contribution in [3.63, 3.8) is 0 Å². The molecule has 1 aliphatic rings. The number of alkyl halides is 3. The van der Waals surface area contributed by atoms with Crippen molar-refractivity contribution in [2.24, 2.45) is 0 Å². The molecule has 0 saturated heterocycles. The Morgan fingerprint density at radius 1 is 1.10 bits per heavy atom. The highest BCUT2D eigenvalue weighted by Gasteiger charge is 2.38. The lowest BCUT2D eigenvalue weighted by Gasteiger charge is -2.12. The van der Waals surface area contributed by atoms with Crippen LogP contribution in [0.15, 0.2) is 30.5 Å². The molecule has 21 heavy (non-hydrogen) atoms. The molecule has 0 aliphatic heterocycles. The summed E-state index contributed by atoms with van der Waals surface area (Å²) in [7, 11) is 0. The van der Waals surface area contributed by atoms with Gasteiger partial charge in [-0.05, 0) is 36.3 Å². The first-order chi connectivity index (χ1) is 9.79. The highest BCUT2D eigenvalue weighted by Crippen LogP contribution is 2.47. The zero-order chi connectivity index (χ0) is 15.3. The van der Waals surface area contributed by atoms with E-state index in [2.05, 4.69) is 16.9 Å². The van der Waals surface area contributed by atoms with Crippen LogP contribution in [-0.4, -0.2) is 9.97 Å². The third-order valence-corrected chi connectivity index (χ3v) is 4.13. The number of benzene rings is 1. The monoisotopic (exact) mass is 292 g/mol. The number of nitrogens with zero attached hydrogens (tertiary/aromatic N) is 2. The van der Waals surface area contributed by atoms with Crippen molar-refractivity contribution in [1.82, 2.24) is 9.97 Å². The van der Waals surface area contributed by atoms with Gasteiger partial charge in [0, 0.05) is 17.5 Å². The zero-order valence-electron chi connectivity index (χ0n) is 11.8. The topological polar surface area (TPSA) is 25.8 Å². The van der Waals surface area contributed by atoms with Gasteiger partial charge < -0.3 is 0 Å². The van der Waals surface area contributed by atoms with Gasteiger partial charge in [0.25, 0.3) is 0 Å². The second kappa shape index (κ2) is 4.55. The largest absolute Gasteiger partial charge is 0.451 e. The van der Waals surface area contributed by atoms with Gasteiger partial charge in [-0.1, -0.05) is 31.2 Å². The molecule has 1 aromatic heterocycles. The Morgan fingerprint density at radius 3 is 2.19 bits per heavy atom. The number of aryl methyl sites for hydroxylation is 1. The van der Waals surface area contributed by atoms with Crippen LogP contribution in [-0.2, 0) is 11.6 Å². The van der Waals surface area contributed by atoms with E-state index >= 15 is 0 Å². The minimum atomic E-state index is -4.51. The van der Waals surface area contributed by atoms with Crippen LogP contribution in [0, 0.1) is 6.92 Å². The average Bonchev–Trinajstić information content (AvgIpc) is 3.17. The van der Waals surface area contributed by atoms with Crippen LogP contribution >= 0.6 is 0 Å². The van der Waals surface area contributed by atoms with Crippen molar-refractivity contribution < 1.29 is 13.2 Å². The summed E-state index contributed by atoms with van der Waals surface area (Å²) in [6.07, 6.45) is -0.879. The Morgan fingerprint density at radius 2 is 1.71 bits per heavy atom. The number of hydrogen-bond acceptors (Lipinski definition) is 2. The third kappa shape index (κ3) is 2.64. The van der Waals surface area contributed by atoms with E-state index in [1.165, 1.54) is 24.6 Å². The molecule has 0 unspecified atom stereocenters. The molecule has 0 radical (unpaired) electrons.